The first kappa shape index (κ1) is 21.3. The molecule has 0 atom stereocenters. The average Bonchev–Trinajstić information content (AvgIpc) is 2.81. The van der Waals surface area contributed by atoms with Gasteiger partial charge in [0.2, 0.25) is 0 Å². The second kappa shape index (κ2) is 9.90. The van der Waals surface area contributed by atoms with Gasteiger partial charge in [0.25, 0.3) is 5.91 Å². The van der Waals surface area contributed by atoms with Crippen LogP contribution < -0.4 is 10.2 Å². The number of halogens is 1. The van der Waals surface area contributed by atoms with Gasteiger partial charge in [-0.1, -0.05) is 54.1 Å². The number of rotatable bonds is 6. The van der Waals surface area contributed by atoms with Crippen LogP contribution in [-0.4, -0.2) is 18.1 Å². The molecule has 5 nitrogen and oxygen atoms in total. The molecule has 1 N–H and O–H groups in total. The van der Waals surface area contributed by atoms with Crippen molar-refractivity contribution in [2.45, 2.75) is 6.42 Å². The van der Waals surface area contributed by atoms with E-state index < -0.39 is 0 Å². The van der Waals surface area contributed by atoms with Gasteiger partial charge in [-0.05, 0) is 70.4 Å². The number of esters is 1. The molecule has 0 radical (unpaired) electrons. The van der Waals surface area contributed by atoms with E-state index in [9.17, 15) is 9.59 Å². The first-order valence-corrected chi connectivity index (χ1v) is 10.3. The Balaban J connectivity index is 1.33. The van der Waals surface area contributed by atoms with Crippen LogP contribution in [0.2, 0.25) is 5.02 Å². The van der Waals surface area contributed by atoms with E-state index in [1.165, 1.54) is 6.21 Å². The molecule has 0 saturated carbocycles. The fraction of sp³-hybridized carbons (Fsp3) is 0.0385. The summed E-state index contributed by atoms with van der Waals surface area (Å²) >= 11 is 5.82. The molecule has 4 aromatic rings. The number of benzene rings is 4. The fourth-order valence-corrected chi connectivity index (χ4v) is 3.35. The van der Waals surface area contributed by atoms with Gasteiger partial charge in [0.15, 0.2) is 0 Å². The molecule has 32 heavy (non-hydrogen) atoms. The number of carbonyl (C=O) groups is 2. The largest absolute Gasteiger partial charge is 0.426 e. The molecule has 4 aromatic carbocycles. The molecule has 0 aromatic heterocycles. The third-order valence-electron chi connectivity index (χ3n) is 4.81. The van der Waals surface area contributed by atoms with Crippen molar-refractivity contribution in [3.63, 3.8) is 0 Å². The van der Waals surface area contributed by atoms with Gasteiger partial charge in [0.1, 0.15) is 5.75 Å². The van der Waals surface area contributed by atoms with Crippen LogP contribution in [0, 0.1) is 0 Å². The normalized spacial score (nSPS) is 10.9. The highest BCUT2D eigenvalue weighted by molar-refractivity contribution is 6.30. The highest BCUT2D eigenvalue weighted by atomic mass is 35.5. The highest BCUT2D eigenvalue weighted by Crippen LogP contribution is 2.20. The van der Waals surface area contributed by atoms with Crippen molar-refractivity contribution in [3.05, 3.63) is 113 Å². The van der Waals surface area contributed by atoms with Crippen LogP contribution in [0.25, 0.3) is 10.8 Å². The quantitative estimate of drug-likeness (QED) is 0.188. The van der Waals surface area contributed by atoms with E-state index in [2.05, 4.69) is 10.5 Å². The molecule has 0 spiro atoms. The summed E-state index contributed by atoms with van der Waals surface area (Å²) in [6.45, 7) is 0. The van der Waals surface area contributed by atoms with Crippen molar-refractivity contribution in [1.82, 2.24) is 5.43 Å². The Labute approximate surface area is 190 Å². The van der Waals surface area contributed by atoms with Crippen LogP contribution in [-0.2, 0) is 11.2 Å². The van der Waals surface area contributed by atoms with Crippen LogP contribution in [0.5, 0.6) is 5.75 Å². The summed E-state index contributed by atoms with van der Waals surface area (Å²) in [5, 5.41) is 6.64. The number of amides is 1. The SMILES string of the molecule is O=C(Cc1cccc2ccccc12)Oc1ccc(/C=N/NC(=O)c2ccc(Cl)cc2)cc1. The second-order valence-corrected chi connectivity index (χ2v) is 7.50. The molecule has 0 saturated heterocycles. The summed E-state index contributed by atoms with van der Waals surface area (Å²) in [6, 6.07) is 27.2. The van der Waals surface area contributed by atoms with E-state index in [-0.39, 0.29) is 18.3 Å². The van der Waals surface area contributed by atoms with Crippen molar-refractivity contribution in [2.75, 3.05) is 0 Å². The van der Waals surface area contributed by atoms with Gasteiger partial charge in [-0.3, -0.25) is 9.59 Å². The molecule has 0 aliphatic rings. The lowest BCUT2D eigenvalue weighted by atomic mass is 10.0. The van der Waals surface area contributed by atoms with E-state index in [1.54, 1.807) is 48.5 Å². The summed E-state index contributed by atoms with van der Waals surface area (Å²) in [6.07, 6.45) is 1.69. The fourth-order valence-electron chi connectivity index (χ4n) is 3.22. The summed E-state index contributed by atoms with van der Waals surface area (Å²) in [4.78, 5) is 24.4. The molecule has 0 aliphatic carbocycles. The van der Waals surface area contributed by atoms with E-state index in [0.29, 0.717) is 16.3 Å². The summed E-state index contributed by atoms with van der Waals surface area (Å²) < 4.78 is 5.47. The Morgan fingerprint density at radius 2 is 1.59 bits per heavy atom. The molecule has 0 aliphatic heterocycles. The lowest BCUT2D eigenvalue weighted by Crippen LogP contribution is -2.17. The lowest BCUT2D eigenvalue weighted by Gasteiger charge is -2.07. The topological polar surface area (TPSA) is 67.8 Å². The predicted octanol–water partition coefficient (Wildman–Crippen LogP) is 5.41. The van der Waals surface area contributed by atoms with Crippen molar-refractivity contribution in [3.8, 4) is 5.75 Å². The van der Waals surface area contributed by atoms with Crippen LogP contribution in [0.3, 0.4) is 0 Å². The Morgan fingerprint density at radius 1 is 0.875 bits per heavy atom. The smallest absolute Gasteiger partial charge is 0.315 e. The number of nitrogens with zero attached hydrogens (tertiary/aromatic N) is 1. The summed E-state index contributed by atoms with van der Waals surface area (Å²) in [7, 11) is 0. The van der Waals surface area contributed by atoms with Crippen LogP contribution >= 0.6 is 11.6 Å². The van der Waals surface area contributed by atoms with Gasteiger partial charge < -0.3 is 4.74 Å². The van der Waals surface area contributed by atoms with Crippen molar-refractivity contribution < 1.29 is 14.3 Å². The Morgan fingerprint density at radius 3 is 2.38 bits per heavy atom. The zero-order chi connectivity index (χ0) is 22.3. The summed E-state index contributed by atoms with van der Waals surface area (Å²) in [5.74, 6) is -0.229. The maximum Gasteiger partial charge on any atom is 0.315 e. The van der Waals surface area contributed by atoms with Gasteiger partial charge in [-0.2, -0.15) is 5.10 Å². The van der Waals surface area contributed by atoms with Gasteiger partial charge >= 0.3 is 5.97 Å². The number of fused-ring (bicyclic) bond motifs is 1. The average molecular weight is 443 g/mol. The molecular weight excluding hydrogens is 424 g/mol. The minimum atomic E-state index is -0.336. The Bertz CT molecular complexity index is 1280. The van der Waals surface area contributed by atoms with Crippen molar-refractivity contribution in [2.24, 2.45) is 5.10 Å². The number of ether oxygens (including phenoxy) is 1. The minimum Gasteiger partial charge on any atom is -0.426 e. The standard InChI is InChI=1S/C26H19ClN2O3/c27-22-12-10-20(11-13-22)26(31)29-28-17-18-8-14-23(15-9-18)32-25(30)16-21-6-3-5-19-4-1-2-7-24(19)21/h1-15,17H,16H2,(H,29,31)/b28-17+. The molecule has 0 unspecified atom stereocenters. The third-order valence-corrected chi connectivity index (χ3v) is 5.06. The van der Waals surface area contributed by atoms with Gasteiger partial charge in [0, 0.05) is 10.6 Å². The van der Waals surface area contributed by atoms with Gasteiger partial charge in [-0.15, -0.1) is 0 Å². The number of hydrogen-bond donors (Lipinski definition) is 1. The first-order chi connectivity index (χ1) is 15.6. The molecular formula is C26H19ClN2O3. The van der Waals surface area contributed by atoms with E-state index in [4.69, 9.17) is 16.3 Å². The molecule has 0 bridgehead atoms. The minimum absolute atomic E-state index is 0.182. The van der Waals surface area contributed by atoms with Gasteiger partial charge in [0.05, 0.1) is 12.6 Å². The van der Waals surface area contributed by atoms with Crippen LogP contribution in [0.4, 0.5) is 0 Å². The molecule has 0 fully saturated rings. The third kappa shape index (κ3) is 5.39. The maximum absolute atomic E-state index is 12.4. The number of nitrogens with one attached hydrogen (secondary N) is 1. The van der Waals surface area contributed by atoms with E-state index in [0.717, 1.165) is 21.9 Å². The molecule has 4 rings (SSSR count). The number of hydrogen-bond acceptors (Lipinski definition) is 4. The number of carbonyl (C=O) groups excluding carboxylic acids is 2. The summed E-state index contributed by atoms with van der Waals surface area (Å²) in [5.41, 5.74) is 4.59. The zero-order valence-electron chi connectivity index (χ0n) is 17.0. The molecule has 158 valence electrons. The lowest BCUT2D eigenvalue weighted by molar-refractivity contribution is -0.133. The first-order valence-electron chi connectivity index (χ1n) is 9.95. The molecule has 0 heterocycles. The molecule has 1 amide bonds. The maximum atomic E-state index is 12.4. The van der Waals surface area contributed by atoms with Crippen molar-refractivity contribution >= 4 is 40.5 Å². The monoisotopic (exact) mass is 442 g/mol. The molecule has 6 heteroatoms. The van der Waals surface area contributed by atoms with E-state index >= 15 is 0 Å². The highest BCUT2D eigenvalue weighted by Gasteiger charge is 2.09. The number of hydrazone groups is 1. The predicted molar refractivity (Wildman–Crippen MR) is 126 cm³/mol. The van der Waals surface area contributed by atoms with Crippen LogP contribution in [0.1, 0.15) is 21.5 Å². The van der Waals surface area contributed by atoms with Gasteiger partial charge in [-0.25, -0.2) is 5.43 Å². The second-order valence-electron chi connectivity index (χ2n) is 7.06. The Hall–Kier alpha value is -3.96. The Kier molecular flexibility index (Phi) is 6.58. The van der Waals surface area contributed by atoms with Crippen molar-refractivity contribution in [1.29, 1.82) is 0 Å². The van der Waals surface area contributed by atoms with E-state index in [1.807, 2.05) is 42.5 Å². The zero-order valence-corrected chi connectivity index (χ0v) is 17.8. The van der Waals surface area contributed by atoms with Crippen LogP contribution in [0.15, 0.2) is 96.1 Å².